The fourth-order valence-electron chi connectivity index (χ4n) is 5.92. The zero-order valence-electron chi connectivity index (χ0n) is 21.1. The standard InChI is InChI=1S/C32H33NO2.ClH/c1-20-15-21(2)30(32(34)35)18-29(20)31-17-23(16-25-10-5-7-13-28(25)31)19-33-22(3)26-14-8-11-24-9-4-6-12-27(24)26;/h4-15,18,22-23,31,33H,16-17,19H2,1-3H3,(H,34,35);1H/t22-,23?,31?;/m1./s1. The van der Waals surface area contributed by atoms with Crippen LogP contribution in [-0.2, 0) is 6.42 Å². The molecule has 0 saturated heterocycles. The van der Waals surface area contributed by atoms with Crippen molar-refractivity contribution in [3.8, 4) is 0 Å². The summed E-state index contributed by atoms with van der Waals surface area (Å²) in [6.07, 6.45) is 2.05. The van der Waals surface area contributed by atoms with Crippen LogP contribution in [0.25, 0.3) is 10.8 Å². The average Bonchev–Trinajstić information content (AvgIpc) is 2.86. The van der Waals surface area contributed by atoms with E-state index in [2.05, 4.69) is 85.9 Å². The number of halogens is 1. The summed E-state index contributed by atoms with van der Waals surface area (Å²) in [5.41, 5.74) is 7.60. The largest absolute Gasteiger partial charge is 0.478 e. The number of benzene rings is 4. The number of aryl methyl sites for hydroxylation is 2. The van der Waals surface area contributed by atoms with Crippen LogP contribution in [0.5, 0.6) is 0 Å². The fraction of sp³-hybridized carbons (Fsp3) is 0.281. The summed E-state index contributed by atoms with van der Waals surface area (Å²) in [6, 6.07) is 28.0. The number of hydrogen-bond donors (Lipinski definition) is 2. The van der Waals surface area contributed by atoms with Crippen molar-refractivity contribution in [3.63, 3.8) is 0 Å². The maximum absolute atomic E-state index is 11.9. The molecule has 4 heteroatoms. The lowest BCUT2D eigenvalue weighted by atomic mass is 9.72. The van der Waals surface area contributed by atoms with Crippen molar-refractivity contribution in [1.82, 2.24) is 5.32 Å². The summed E-state index contributed by atoms with van der Waals surface area (Å²) < 4.78 is 0. The Balaban J connectivity index is 0.00000304. The molecule has 0 radical (unpaired) electrons. The number of nitrogens with one attached hydrogen (secondary N) is 1. The van der Waals surface area contributed by atoms with Crippen molar-refractivity contribution in [2.45, 2.75) is 45.6 Å². The molecule has 186 valence electrons. The lowest BCUT2D eigenvalue weighted by Crippen LogP contribution is -2.31. The summed E-state index contributed by atoms with van der Waals surface area (Å²) >= 11 is 0. The second kappa shape index (κ2) is 10.9. The summed E-state index contributed by atoms with van der Waals surface area (Å²) in [5, 5.41) is 16.1. The topological polar surface area (TPSA) is 49.3 Å². The first-order valence-corrected chi connectivity index (χ1v) is 12.6. The lowest BCUT2D eigenvalue weighted by Gasteiger charge is -2.34. The number of carboxylic acid groups (broad SMARTS) is 1. The fourth-order valence-corrected chi connectivity index (χ4v) is 5.92. The van der Waals surface area contributed by atoms with Gasteiger partial charge in [-0.2, -0.15) is 0 Å². The SMILES string of the molecule is Cc1cc(C)c(C2CC(CN[C@H](C)c3cccc4ccccc34)Cc3ccccc32)cc1C(=O)O.Cl. The molecule has 0 spiro atoms. The maximum Gasteiger partial charge on any atom is 0.335 e. The summed E-state index contributed by atoms with van der Waals surface area (Å²) in [4.78, 5) is 11.9. The van der Waals surface area contributed by atoms with Gasteiger partial charge < -0.3 is 10.4 Å². The van der Waals surface area contributed by atoms with E-state index >= 15 is 0 Å². The zero-order valence-corrected chi connectivity index (χ0v) is 21.9. The van der Waals surface area contributed by atoms with Crippen molar-refractivity contribution in [1.29, 1.82) is 0 Å². The molecule has 0 amide bonds. The van der Waals surface area contributed by atoms with Gasteiger partial charge in [-0.05, 0) is 96.3 Å². The van der Waals surface area contributed by atoms with Gasteiger partial charge in [0.15, 0.2) is 0 Å². The van der Waals surface area contributed by atoms with Crippen molar-refractivity contribution >= 4 is 29.1 Å². The monoisotopic (exact) mass is 499 g/mol. The minimum Gasteiger partial charge on any atom is -0.478 e. The molecule has 36 heavy (non-hydrogen) atoms. The number of rotatable bonds is 6. The predicted molar refractivity (Wildman–Crippen MR) is 151 cm³/mol. The van der Waals surface area contributed by atoms with Gasteiger partial charge in [-0.1, -0.05) is 72.8 Å². The highest BCUT2D eigenvalue weighted by Crippen LogP contribution is 2.41. The molecule has 2 unspecified atom stereocenters. The molecule has 0 bridgehead atoms. The second-order valence-corrected chi connectivity index (χ2v) is 10.1. The third kappa shape index (κ3) is 5.04. The minimum absolute atomic E-state index is 0. The third-order valence-corrected chi connectivity index (χ3v) is 7.73. The first kappa shape index (κ1) is 25.9. The molecule has 5 rings (SSSR count). The van der Waals surface area contributed by atoms with Crippen molar-refractivity contribution in [2.75, 3.05) is 6.54 Å². The maximum atomic E-state index is 11.9. The van der Waals surface area contributed by atoms with Crippen LogP contribution in [0.2, 0.25) is 0 Å². The van der Waals surface area contributed by atoms with Gasteiger partial charge in [0.25, 0.3) is 0 Å². The van der Waals surface area contributed by atoms with Gasteiger partial charge in [0.2, 0.25) is 0 Å². The number of hydrogen-bond acceptors (Lipinski definition) is 2. The van der Waals surface area contributed by atoms with E-state index in [1.165, 1.54) is 33.0 Å². The molecule has 0 heterocycles. The lowest BCUT2D eigenvalue weighted by molar-refractivity contribution is 0.0696. The van der Waals surface area contributed by atoms with E-state index in [4.69, 9.17) is 0 Å². The van der Waals surface area contributed by atoms with Crippen molar-refractivity contribution < 1.29 is 9.90 Å². The first-order valence-electron chi connectivity index (χ1n) is 12.6. The van der Waals surface area contributed by atoms with E-state index in [-0.39, 0.29) is 24.4 Å². The number of carbonyl (C=O) groups is 1. The molecule has 2 N–H and O–H groups in total. The Morgan fingerprint density at radius 1 is 0.944 bits per heavy atom. The Morgan fingerprint density at radius 3 is 2.47 bits per heavy atom. The van der Waals surface area contributed by atoms with Gasteiger partial charge >= 0.3 is 5.97 Å². The molecule has 3 atom stereocenters. The molecule has 1 aliphatic rings. The van der Waals surface area contributed by atoms with Crippen LogP contribution in [0.1, 0.15) is 69.0 Å². The molecule has 3 nitrogen and oxygen atoms in total. The van der Waals surface area contributed by atoms with Crippen molar-refractivity contribution in [3.05, 3.63) is 118 Å². The number of fused-ring (bicyclic) bond motifs is 2. The van der Waals surface area contributed by atoms with Crippen LogP contribution in [-0.4, -0.2) is 17.6 Å². The molecule has 0 aliphatic heterocycles. The van der Waals surface area contributed by atoms with Crippen LogP contribution in [0.4, 0.5) is 0 Å². The smallest absolute Gasteiger partial charge is 0.335 e. The van der Waals surface area contributed by atoms with Gasteiger partial charge in [-0.15, -0.1) is 12.4 Å². The molecule has 0 fully saturated rings. The van der Waals surface area contributed by atoms with E-state index < -0.39 is 5.97 Å². The first-order chi connectivity index (χ1) is 16.9. The third-order valence-electron chi connectivity index (χ3n) is 7.73. The Kier molecular flexibility index (Phi) is 7.82. The molecule has 4 aromatic carbocycles. The van der Waals surface area contributed by atoms with E-state index in [0.717, 1.165) is 30.5 Å². The van der Waals surface area contributed by atoms with Crippen molar-refractivity contribution in [2.24, 2.45) is 5.92 Å². The average molecular weight is 500 g/mol. The van der Waals surface area contributed by atoms with Gasteiger partial charge in [0, 0.05) is 12.0 Å². The number of aromatic carboxylic acids is 1. The molecular formula is C32H34ClNO2. The van der Waals surface area contributed by atoms with Crippen LogP contribution in [0, 0.1) is 19.8 Å². The van der Waals surface area contributed by atoms with Gasteiger partial charge in [-0.25, -0.2) is 4.79 Å². The van der Waals surface area contributed by atoms with Gasteiger partial charge in [-0.3, -0.25) is 0 Å². The normalized spacial score (nSPS) is 17.8. The van der Waals surface area contributed by atoms with Gasteiger partial charge in [0.05, 0.1) is 5.56 Å². The zero-order chi connectivity index (χ0) is 24.5. The van der Waals surface area contributed by atoms with E-state index in [1.807, 2.05) is 19.1 Å². The second-order valence-electron chi connectivity index (χ2n) is 10.1. The molecule has 0 saturated carbocycles. The van der Waals surface area contributed by atoms with Crippen LogP contribution < -0.4 is 5.32 Å². The Bertz CT molecular complexity index is 1390. The van der Waals surface area contributed by atoms with Gasteiger partial charge in [0.1, 0.15) is 0 Å². The summed E-state index contributed by atoms with van der Waals surface area (Å²) in [6.45, 7) is 7.17. The van der Waals surface area contributed by atoms with E-state index in [9.17, 15) is 9.90 Å². The molecular weight excluding hydrogens is 466 g/mol. The quantitative estimate of drug-likeness (QED) is 0.287. The Hall–Kier alpha value is -3.14. The molecule has 1 aliphatic carbocycles. The predicted octanol–water partition coefficient (Wildman–Crippen LogP) is 7.62. The highest BCUT2D eigenvalue weighted by atomic mass is 35.5. The Labute approximate surface area is 220 Å². The van der Waals surface area contributed by atoms with Crippen LogP contribution in [0.3, 0.4) is 0 Å². The number of carboxylic acids is 1. The minimum atomic E-state index is -0.852. The summed E-state index contributed by atoms with van der Waals surface area (Å²) in [5.74, 6) is -0.172. The molecule has 0 aromatic heterocycles. The highest BCUT2D eigenvalue weighted by molar-refractivity contribution is 5.90. The summed E-state index contributed by atoms with van der Waals surface area (Å²) in [7, 11) is 0. The Morgan fingerprint density at radius 2 is 1.67 bits per heavy atom. The van der Waals surface area contributed by atoms with E-state index in [1.54, 1.807) is 0 Å². The van der Waals surface area contributed by atoms with Crippen LogP contribution in [0.15, 0.2) is 78.9 Å². The molecule has 4 aromatic rings. The van der Waals surface area contributed by atoms with Crippen LogP contribution >= 0.6 is 12.4 Å². The van der Waals surface area contributed by atoms with E-state index in [0.29, 0.717) is 11.5 Å². The highest BCUT2D eigenvalue weighted by Gasteiger charge is 2.30.